The van der Waals surface area contributed by atoms with E-state index < -0.39 is 23.5 Å². The van der Waals surface area contributed by atoms with Crippen molar-refractivity contribution in [1.29, 1.82) is 5.26 Å². The van der Waals surface area contributed by atoms with Gasteiger partial charge in [0.15, 0.2) is 6.10 Å². The van der Waals surface area contributed by atoms with Crippen LogP contribution in [0.25, 0.3) is 0 Å². The largest absolute Gasteiger partial charge is 0.452 e. The van der Waals surface area contributed by atoms with Crippen LogP contribution in [-0.2, 0) is 16.1 Å². The number of carbonyl (C=O) groups is 2. The lowest BCUT2D eigenvalue weighted by molar-refractivity contribution is -0.130. The minimum absolute atomic E-state index is 0.0180. The zero-order valence-electron chi connectivity index (χ0n) is 15.2. The maximum absolute atomic E-state index is 12.4. The first-order valence-electron chi connectivity index (χ1n) is 9.02. The van der Waals surface area contributed by atoms with Crippen LogP contribution < -0.4 is 5.32 Å². The maximum Gasteiger partial charge on any atom is 0.375 e. The fourth-order valence-electron chi connectivity index (χ4n) is 3.16. The lowest BCUT2D eigenvalue weighted by Crippen LogP contribution is -2.52. The van der Waals surface area contributed by atoms with E-state index in [9.17, 15) is 14.9 Å². The molecule has 0 bridgehead atoms. The van der Waals surface area contributed by atoms with Crippen LogP contribution in [0.1, 0.15) is 55.3 Å². The standard InChI is InChI=1S/C19H22N4O4/c1-14(17(24)22-19(13-20)8-3-2-4-9-19)26-18(25)16-7-6-15(27-16)12-23-11-5-10-21-23/h5-7,10-11,14H,2-4,8-9,12H2,1H3,(H,22,24). The van der Waals surface area contributed by atoms with Gasteiger partial charge in [0, 0.05) is 12.4 Å². The second-order valence-electron chi connectivity index (χ2n) is 6.76. The number of nitriles is 1. The molecule has 1 aliphatic rings. The number of amides is 1. The molecule has 1 unspecified atom stereocenters. The summed E-state index contributed by atoms with van der Waals surface area (Å²) in [5.74, 6) is -0.632. The van der Waals surface area contributed by atoms with Gasteiger partial charge in [-0.05, 0) is 38.0 Å². The van der Waals surface area contributed by atoms with E-state index in [0.29, 0.717) is 25.1 Å². The monoisotopic (exact) mass is 370 g/mol. The van der Waals surface area contributed by atoms with E-state index in [4.69, 9.17) is 9.15 Å². The topological polar surface area (TPSA) is 110 Å². The van der Waals surface area contributed by atoms with E-state index in [1.165, 1.54) is 13.0 Å². The molecule has 1 N–H and O–H groups in total. The van der Waals surface area contributed by atoms with E-state index in [1.807, 2.05) is 0 Å². The number of nitrogens with one attached hydrogen (secondary N) is 1. The minimum atomic E-state index is -1.02. The van der Waals surface area contributed by atoms with Crippen LogP contribution in [0.3, 0.4) is 0 Å². The summed E-state index contributed by atoms with van der Waals surface area (Å²) in [6.07, 6.45) is 6.49. The average Bonchev–Trinajstić information content (AvgIpc) is 3.35. The summed E-state index contributed by atoms with van der Waals surface area (Å²) in [5, 5.41) is 16.3. The van der Waals surface area contributed by atoms with Crippen molar-refractivity contribution in [2.75, 3.05) is 0 Å². The predicted molar refractivity (Wildman–Crippen MR) is 94.5 cm³/mol. The summed E-state index contributed by atoms with van der Waals surface area (Å²) in [7, 11) is 0. The molecule has 1 saturated carbocycles. The highest BCUT2D eigenvalue weighted by Gasteiger charge is 2.35. The molecule has 1 atom stereocenters. The third-order valence-corrected chi connectivity index (χ3v) is 4.68. The number of carbonyl (C=O) groups excluding carboxylic acids is 2. The molecule has 1 aliphatic carbocycles. The van der Waals surface area contributed by atoms with Gasteiger partial charge in [0.05, 0.1) is 12.6 Å². The molecule has 2 aromatic rings. The normalized spacial score (nSPS) is 16.9. The van der Waals surface area contributed by atoms with E-state index in [2.05, 4.69) is 16.5 Å². The first-order chi connectivity index (χ1) is 13.0. The van der Waals surface area contributed by atoms with Gasteiger partial charge in [-0.15, -0.1) is 0 Å². The van der Waals surface area contributed by atoms with Crippen molar-refractivity contribution in [3.05, 3.63) is 42.1 Å². The molecular formula is C19H22N4O4. The van der Waals surface area contributed by atoms with Crippen LogP contribution in [-0.4, -0.2) is 33.3 Å². The predicted octanol–water partition coefficient (Wildman–Crippen LogP) is 2.41. The molecule has 0 aromatic carbocycles. The molecule has 0 saturated heterocycles. The van der Waals surface area contributed by atoms with Crippen molar-refractivity contribution in [3.8, 4) is 6.07 Å². The number of furan rings is 1. The highest BCUT2D eigenvalue weighted by molar-refractivity contribution is 5.90. The van der Waals surface area contributed by atoms with Crippen LogP contribution in [0.2, 0.25) is 0 Å². The molecule has 8 heteroatoms. The summed E-state index contributed by atoms with van der Waals surface area (Å²) in [6, 6.07) is 7.17. The molecule has 2 heterocycles. The molecule has 2 aromatic heterocycles. The average molecular weight is 370 g/mol. The first kappa shape index (κ1) is 18.7. The number of aromatic nitrogens is 2. The van der Waals surface area contributed by atoms with Gasteiger partial charge in [0.1, 0.15) is 11.3 Å². The Morgan fingerprint density at radius 2 is 2.19 bits per heavy atom. The molecule has 3 rings (SSSR count). The second kappa shape index (κ2) is 8.08. The molecule has 142 valence electrons. The lowest BCUT2D eigenvalue weighted by atomic mass is 9.83. The van der Waals surface area contributed by atoms with Crippen molar-refractivity contribution >= 4 is 11.9 Å². The van der Waals surface area contributed by atoms with Gasteiger partial charge in [0.25, 0.3) is 5.91 Å². The van der Waals surface area contributed by atoms with Gasteiger partial charge in [-0.2, -0.15) is 10.4 Å². The van der Waals surface area contributed by atoms with Crippen molar-refractivity contribution in [2.45, 2.75) is 57.2 Å². The fourth-order valence-corrected chi connectivity index (χ4v) is 3.16. The minimum Gasteiger partial charge on any atom is -0.452 e. The van der Waals surface area contributed by atoms with Crippen molar-refractivity contribution in [1.82, 2.24) is 15.1 Å². The Morgan fingerprint density at radius 1 is 1.41 bits per heavy atom. The Bertz CT molecular complexity index is 828. The van der Waals surface area contributed by atoms with Gasteiger partial charge in [-0.3, -0.25) is 9.48 Å². The van der Waals surface area contributed by atoms with E-state index >= 15 is 0 Å². The molecule has 0 aliphatic heterocycles. The molecule has 0 spiro atoms. The highest BCUT2D eigenvalue weighted by atomic mass is 16.6. The number of nitrogens with zero attached hydrogens (tertiary/aromatic N) is 3. The Morgan fingerprint density at radius 3 is 2.85 bits per heavy atom. The van der Waals surface area contributed by atoms with Crippen molar-refractivity contribution < 1.29 is 18.7 Å². The molecule has 1 fully saturated rings. The number of esters is 1. The van der Waals surface area contributed by atoms with Gasteiger partial charge in [-0.25, -0.2) is 4.79 Å². The highest BCUT2D eigenvalue weighted by Crippen LogP contribution is 2.27. The second-order valence-corrected chi connectivity index (χ2v) is 6.76. The van der Waals surface area contributed by atoms with Gasteiger partial charge >= 0.3 is 5.97 Å². The van der Waals surface area contributed by atoms with E-state index in [0.717, 1.165) is 19.3 Å². The number of hydrogen-bond donors (Lipinski definition) is 1. The van der Waals surface area contributed by atoms with Crippen molar-refractivity contribution in [3.63, 3.8) is 0 Å². The number of hydrogen-bond acceptors (Lipinski definition) is 6. The zero-order chi connectivity index (χ0) is 19.3. The third-order valence-electron chi connectivity index (χ3n) is 4.68. The van der Waals surface area contributed by atoms with E-state index in [-0.39, 0.29) is 5.76 Å². The summed E-state index contributed by atoms with van der Waals surface area (Å²) in [4.78, 5) is 24.6. The Kier molecular flexibility index (Phi) is 5.60. The van der Waals surface area contributed by atoms with Gasteiger partial charge in [0.2, 0.25) is 5.76 Å². The fraction of sp³-hybridized carbons (Fsp3) is 0.474. The quantitative estimate of drug-likeness (QED) is 0.782. The Hall–Kier alpha value is -3.08. The molecule has 1 amide bonds. The SMILES string of the molecule is CC(OC(=O)c1ccc(Cn2cccn2)o1)C(=O)NC1(C#N)CCCCC1. The number of rotatable bonds is 6. The molecule has 27 heavy (non-hydrogen) atoms. The molecule has 0 radical (unpaired) electrons. The smallest absolute Gasteiger partial charge is 0.375 e. The van der Waals surface area contributed by atoms with Gasteiger partial charge < -0.3 is 14.5 Å². The summed E-state index contributed by atoms with van der Waals surface area (Å²) in [5.41, 5.74) is -0.863. The third kappa shape index (κ3) is 4.56. The van der Waals surface area contributed by atoms with E-state index in [1.54, 1.807) is 29.2 Å². The van der Waals surface area contributed by atoms with Crippen LogP contribution in [0, 0.1) is 11.3 Å². The number of ether oxygens (including phenoxy) is 1. The van der Waals surface area contributed by atoms with Crippen LogP contribution in [0.5, 0.6) is 0 Å². The van der Waals surface area contributed by atoms with Crippen LogP contribution in [0.4, 0.5) is 0 Å². The van der Waals surface area contributed by atoms with Crippen molar-refractivity contribution in [2.24, 2.45) is 0 Å². The summed E-state index contributed by atoms with van der Waals surface area (Å²) < 4.78 is 12.3. The van der Waals surface area contributed by atoms with Gasteiger partial charge in [-0.1, -0.05) is 19.3 Å². The molecular weight excluding hydrogens is 348 g/mol. The Labute approximate surface area is 157 Å². The Balaban J connectivity index is 1.56. The summed E-state index contributed by atoms with van der Waals surface area (Å²) in [6.45, 7) is 1.87. The summed E-state index contributed by atoms with van der Waals surface area (Å²) >= 11 is 0. The van der Waals surface area contributed by atoms with Crippen LogP contribution in [0.15, 0.2) is 35.0 Å². The lowest BCUT2D eigenvalue weighted by Gasteiger charge is -2.32. The van der Waals surface area contributed by atoms with Crippen LogP contribution >= 0.6 is 0 Å². The zero-order valence-corrected chi connectivity index (χ0v) is 15.2. The first-order valence-corrected chi connectivity index (χ1v) is 9.02. The maximum atomic E-state index is 12.4. The molecule has 8 nitrogen and oxygen atoms in total.